The predicted molar refractivity (Wildman–Crippen MR) is 116 cm³/mol. The molecule has 0 radical (unpaired) electrons. The monoisotopic (exact) mass is 403 g/mol. The van der Waals surface area contributed by atoms with Crippen LogP contribution in [0.4, 0.5) is 16.2 Å². The zero-order valence-electron chi connectivity index (χ0n) is 17.0. The molecule has 8 heteroatoms. The number of nitrogens with zero attached hydrogens (tertiary/aromatic N) is 6. The number of hydrogen-bond donors (Lipinski definition) is 1. The second-order valence-corrected chi connectivity index (χ2v) is 8.00. The summed E-state index contributed by atoms with van der Waals surface area (Å²) in [5.74, 6) is 0.750. The standard InChI is InChI=1S/C22H25N7O/c1-16-4-2-7-20(14-16)27-10-12-28(13-11-27)22(30)23-18-6-3-5-17(15-18)21-24-25-26-29(21)19-8-9-19/h2-7,14-15,19H,8-13H2,1H3,(H,23,30). The van der Waals surface area contributed by atoms with Gasteiger partial charge >= 0.3 is 6.03 Å². The van der Waals surface area contributed by atoms with Crippen LogP contribution in [0.5, 0.6) is 0 Å². The lowest BCUT2D eigenvalue weighted by Crippen LogP contribution is -2.50. The average molecular weight is 403 g/mol. The number of hydrogen-bond acceptors (Lipinski definition) is 5. The van der Waals surface area contributed by atoms with Gasteiger partial charge in [-0.25, -0.2) is 9.48 Å². The van der Waals surface area contributed by atoms with E-state index >= 15 is 0 Å². The maximum atomic E-state index is 12.8. The third-order valence-electron chi connectivity index (χ3n) is 5.69. The van der Waals surface area contributed by atoms with Gasteiger partial charge in [-0.1, -0.05) is 24.3 Å². The van der Waals surface area contributed by atoms with E-state index in [0.29, 0.717) is 19.1 Å². The molecule has 30 heavy (non-hydrogen) atoms. The van der Waals surface area contributed by atoms with E-state index in [4.69, 9.17) is 0 Å². The molecule has 2 aromatic carbocycles. The van der Waals surface area contributed by atoms with E-state index in [-0.39, 0.29) is 6.03 Å². The quantitative estimate of drug-likeness (QED) is 0.723. The van der Waals surface area contributed by atoms with E-state index in [1.165, 1.54) is 11.3 Å². The van der Waals surface area contributed by atoms with Crippen LogP contribution >= 0.6 is 0 Å². The second kappa shape index (κ2) is 7.78. The van der Waals surface area contributed by atoms with Crippen LogP contribution in [-0.2, 0) is 0 Å². The van der Waals surface area contributed by atoms with Crippen LogP contribution in [0.2, 0.25) is 0 Å². The molecule has 2 fully saturated rings. The number of piperazine rings is 1. The molecule has 0 atom stereocenters. The van der Waals surface area contributed by atoms with Gasteiger partial charge < -0.3 is 15.1 Å². The third kappa shape index (κ3) is 3.85. The Morgan fingerprint density at radius 3 is 2.60 bits per heavy atom. The molecule has 1 N–H and O–H groups in total. The van der Waals surface area contributed by atoms with E-state index in [1.54, 1.807) is 0 Å². The highest BCUT2D eigenvalue weighted by Crippen LogP contribution is 2.36. The molecule has 154 valence electrons. The fourth-order valence-corrected chi connectivity index (χ4v) is 3.88. The Hall–Kier alpha value is -3.42. The summed E-state index contributed by atoms with van der Waals surface area (Å²) in [5.41, 5.74) is 4.13. The van der Waals surface area contributed by atoms with Crippen molar-refractivity contribution in [3.05, 3.63) is 54.1 Å². The Bertz CT molecular complexity index is 1050. The molecule has 0 spiro atoms. The summed E-state index contributed by atoms with van der Waals surface area (Å²) in [7, 11) is 0. The Labute approximate surface area is 175 Å². The summed E-state index contributed by atoms with van der Waals surface area (Å²) in [5, 5.41) is 15.1. The van der Waals surface area contributed by atoms with Crippen LogP contribution in [0.15, 0.2) is 48.5 Å². The number of aromatic nitrogens is 4. The number of rotatable bonds is 4. The van der Waals surface area contributed by atoms with Gasteiger partial charge in [0.1, 0.15) is 0 Å². The number of aryl methyl sites for hydroxylation is 1. The first kappa shape index (κ1) is 18.6. The number of urea groups is 1. The fourth-order valence-electron chi connectivity index (χ4n) is 3.88. The van der Waals surface area contributed by atoms with E-state index in [9.17, 15) is 4.79 Å². The van der Waals surface area contributed by atoms with Crippen molar-refractivity contribution in [3.8, 4) is 11.4 Å². The minimum Gasteiger partial charge on any atom is -0.368 e. The van der Waals surface area contributed by atoms with Gasteiger partial charge in [0, 0.05) is 43.1 Å². The number of amides is 2. The van der Waals surface area contributed by atoms with Crippen LogP contribution in [0.3, 0.4) is 0 Å². The third-order valence-corrected chi connectivity index (χ3v) is 5.69. The molecule has 0 unspecified atom stereocenters. The minimum atomic E-state index is -0.0715. The molecular weight excluding hydrogens is 378 g/mol. The van der Waals surface area contributed by atoms with Crippen molar-refractivity contribution >= 4 is 17.4 Å². The van der Waals surface area contributed by atoms with Gasteiger partial charge in [0.15, 0.2) is 5.82 Å². The Kier molecular flexibility index (Phi) is 4.82. The van der Waals surface area contributed by atoms with E-state index < -0.39 is 0 Å². The van der Waals surface area contributed by atoms with E-state index in [0.717, 1.165) is 43.0 Å². The first-order valence-electron chi connectivity index (χ1n) is 10.4. The van der Waals surface area contributed by atoms with Gasteiger partial charge in [0.05, 0.1) is 6.04 Å². The van der Waals surface area contributed by atoms with Crippen LogP contribution in [0.1, 0.15) is 24.4 Å². The lowest BCUT2D eigenvalue weighted by atomic mass is 10.2. The summed E-state index contributed by atoms with van der Waals surface area (Å²) < 4.78 is 1.88. The topological polar surface area (TPSA) is 79.2 Å². The molecule has 1 aliphatic carbocycles. The lowest BCUT2D eigenvalue weighted by molar-refractivity contribution is 0.208. The first-order valence-corrected chi connectivity index (χ1v) is 10.4. The summed E-state index contributed by atoms with van der Waals surface area (Å²) in [6.45, 7) is 5.14. The number of benzene rings is 2. The van der Waals surface area contributed by atoms with Crippen LogP contribution in [0, 0.1) is 6.92 Å². The second-order valence-electron chi connectivity index (χ2n) is 8.00. The van der Waals surface area contributed by atoms with Crippen molar-refractivity contribution in [1.82, 2.24) is 25.1 Å². The van der Waals surface area contributed by atoms with Gasteiger partial charge in [0.25, 0.3) is 0 Å². The summed E-state index contributed by atoms with van der Waals surface area (Å²) >= 11 is 0. The molecule has 2 heterocycles. The fraction of sp³-hybridized carbons (Fsp3) is 0.364. The molecular formula is C22H25N7O. The molecule has 1 aliphatic heterocycles. The zero-order valence-corrected chi connectivity index (χ0v) is 17.0. The maximum Gasteiger partial charge on any atom is 0.321 e. The molecule has 5 rings (SSSR count). The van der Waals surface area contributed by atoms with Crippen molar-refractivity contribution in [3.63, 3.8) is 0 Å². The SMILES string of the molecule is Cc1cccc(N2CCN(C(=O)Nc3cccc(-c4nnnn4C4CC4)c3)CC2)c1. The average Bonchev–Trinajstić information content (AvgIpc) is 3.50. The van der Waals surface area contributed by atoms with Crippen molar-refractivity contribution in [2.45, 2.75) is 25.8 Å². The van der Waals surface area contributed by atoms with Crippen LogP contribution < -0.4 is 10.2 Å². The van der Waals surface area contributed by atoms with Crippen molar-refractivity contribution in [2.24, 2.45) is 0 Å². The van der Waals surface area contributed by atoms with Gasteiger partial charge in [-0.15, -0.1) is 5.10 Å². The molecule has 1 saturated heterocycles. The molecule has 1 aromatic heterocycles. The first-order chi connectivity index (χ1) is 14.7. The van der Waals surface area contributed by atoms with Crippen molar-refractivity contribution < 1.29 is 4.79 Å². The summed E-state index contributed by atoms with van der Waals surface area (Å²) in [6, 6.07) is 16.6. The van der Waals surface area contributed by atoms with Gasteiger partial charge in [-0.3, -0.25) is 0 Å². The molecule has 8 nitrogen and oxygen atoms in total. The lowest BCUT2D eigenvalue weighted by Gasteiger charge is -2.36. The zero-order chi connectivity index (χ0) is 20.5. The van der Waals surface area contributed by atoms with Crippen molar-refractivity contribution in [2.75, 3.05) is 36.4 Å². The van der Waals surface area contributed by atoms with Crippen LogP contribution in [-0.4, -0.2) is 57.3 Å². The normalized spacial score (nSPS) is 16.6. The van der Waals surface area contributed by atoms with E-state index in [2.05, 4.69) is 56.9 Å². The van der Waals surface area contributed by atoms with Gasteiger partial charge in [-0.05, 0) is 60.0 Å². The van der Waals surface area contributed by atoms with E-state index in [1.807, 2.05) is 33.8 Å². The largest absolute Gasteiger partial charge is 0.368 e. The number of nitrogens with one attached hydrogen (secondary N) is 1. The maximum absolute atomic E-state index is 12.8. The smallest absolute Gasteiger partial charge is 0.321 e. The minimum absolute atomic E-state index is 0.0715. The number of carbonyl (C=O) groups excluding carboxylic acids is 1. The van der Waals surface area contributed by atoms with Gasteiger partial charge in [0.2, 0.25) is 0 Å². The van der Waals surface area contributed by atoms with Gasteiger partial charge in [-0.2, -0.15) is 0 Å². The molecule has 1 saturated carbocycles. The highest BCUT2D eigenvalue weighted by molar-refractivity contribution is 5.90. The summed E-state index contributed by atoms with van der Waals surface area (Å²) in [4.78, 5) is 17.0. The van der Waals surface area contributed by atoms with Crippen LogP contribution in [0.25, 0.3) is 11.4 Å². The molecule has 0 bridgehead atoms. The highest BCUT2D eigenvalue weighted by Gasteiger charge is 2.28. The number of anilines is 2. The number of tetrazole rings is 1. The number of carbonyl (C=O) groups is 1. The Balaban J connectivity index is 1.22. The molecule has 3 aromatic rings. The molecule has 2 aliphatic rings. The summed E-state index contributed by atoms with van der Waals surface area (Å²) in [6.07, 6.45) is 2.23. The Morgan fingerprint density at radius 2 is 1.83 bits per heavy atom. The highest BCUT2D eigenvalue weighted by atomic mass is 16.2. The molecule has 2 amide bonds. The Morgan fingerprint density at radius 1 is 1.03 bits per heavy atom. The predicted octanol–water partition coefficient (Wildman–Crippen LogP) is 3.34. The van der Waals surface area contributed by atoms with Crippen molar-refractivity contribution in [1.29, 1.82) is 0 Å².